The average molecular weight is 334 g/mol. The first-order chi connectivity index (χ1) is 11.0. The Morgan fingerprint density at radius 1 is 1.52 bits per heavy atom. The number of hydrogen-bond acceptors (Lipinski definition) is 3. The molecule has 1 aliphatic heterocycles. The van der Waals surface area contributed by atoms with Crippen LogP contribution in [-0.2, 0) is 18.4 Å². The van der Waals surface area contributed by atoms with Crippen molar-refractivity contribution < 1.29 is 9.90 Å². The number of carboxylic acids is 1. The third-order valence-corrected chi connectivity index (χ3v) is 5.90. The molecule has 23 heavy (non-hydrogen) atoms. The third-order valence-electron chi connectivity index (χ3n) is 5.67. The van der Waals surface area contributed by atoms with Crippen LogP contribution in [0.3, 0.4) is 0 Å². The summed E-state index contributed by atoms with van der Waals surface area (Å²) in [6.07, 6.45) is 2.87. The van der Waals surface area contributed by atoms with Crippen LogP contribution in [0.15, 0.2) is 18.2 Å². The largest absolute Gasteiger partial charge is 0.481 e. The predicted octanol–water partition coefficient (Wildman–Crippen LogP) is 2.91. The highest BCUT2D eigenvalue weighted by Crippen LogP contribution is 2.49. The van der Waals surface area contributed by atoms with E-state index in [1.54, 1.807) is 0 Å². The zero-order valence-electron chi connectivity index (χ0n) is 13.1. The summed E-state index contributed by atoms with van der Waals surface area (Å²) >= 11 is 6.04. The van der Waals surface area contributed by atoms with Crippen molar-refractivity contribution in [1.29, 1.82) is 0 Å². The van der Waals surface area contributed by atoms with Gasteiger partial charge in [0.15, 0.2) is 0 Å². The molecule has 2 atom stereocenters. The van der Waals surface area contributed by atoms with Gasteiger partial charge in [0.1, 0.15) is 5.82 Å². The molecule has 4 rings (SSSR count). The molecule has 2 aliphatic rings. The number of fused-ring (bicyclic) bond motifs is 2. The molecule has 1 saturated heterocycles. The van der Waals surface area contributed by atoms with E-state index < -0.39 is 11.4 Å². The van der Waals surface area contributed by atoms with Crippen molar-refractivity contribution in [3.05, 3.63) is 29.0 Å². The van der Waals surface area contributed by atoms with Gasteiger partial charge in [-0.1, -0.05) is 18.0 Å². The molecular formula is C17H20ClN3O2. The molecule has 2 heterocycles. The zero-order chi connectivity index (χ0) is 16.2. The summed E-state index contributed by atoms with van der Waals surface area (Å²) in [6.45, 7) is 2.18. The third kappa shape index (κ3) is 2.25. The van der Waals surface area contributed by atoms with Crippen molar-refractivity contribution in [3.8, 4) is 0 Å². The van der Waals surface area contributed by atoms with Gasteiger partial charge >= 0.3 is 5.97 Å². The van der Waals surface area contributed by atoms with Crippen LogP contribution in [0.1, 0.15) is 25.1 Å². The molecule has 122 valence electrons. The summed E-state index contributed by atoms with van der Waals surface area (Å²) in [6, 6.07) is 5.72. The van der Waals surface area contributed by atoms with E-state index in [0.29, 0.717) is 18.1 Å². The number of carboxylic acid groups (broad SMARTS) is 1. The lowest BCUT2D eigenvalue weighted by atomic mass is 9.81. The van der Waals surface area contributed by atoms with Gasteiger partial charge in [-0.3, -0.25) is 9.69 Å². The van der Waals surface area contributed by atoms with Crippen LogP contribution >= 0.6 is 11.6 Å². The first kappa shape index (κ1) is 15.0. The second-order valence-electron chi connectivity index (χ2n) is 6.94. The second-order valence-corrected chi connectivity index (χ2v) is 7.38. The quantitative estimate of drug-likeness (QED) is 0.938. The summed E-state index contributed by atoms with van der Waals surface area (Å²) < 4.78 is 2.08. The number of aliphatic carboxylic acids is 1. The van der Waals surface area contributed by atoms with Crippen LogP contribution in [0, 0.1) is 11.3 Å². The fourth-order valence-electron chi connectivity index (χ4n) is 4.43. The van der Waals surface area contributed by atoms with Crippen molar-refractivity contribution in [3.63, 3.8) is 0 Å². The number of imidazole rings is 1. The normalized spacial score (nSPS) is 27.7. The molecule has 1 aromatic carbocycles. The topological polar surface area (TPSA) is 58.4 Å². The summed E-state index contributed by atoms with van der Waals surface area (Å²) in [7, 11) is 2.00. The lowest BCUT2D eigenvalue weighted by Gasteiger charge is -2.23. The van der Waals surface area contributed by atoms with E-state index in [1.165, 1.54) is 0 Å². The SMILES string of the molecule is Cn1c(CN2C[C@@H]3CCC[C@@]3(C(=O)O)C2)nc2cc(Cl)ccc21. The molecule has 2 fully saturated rings. The molecule has 1 N–H and O–H groups in total. The highest BCUT2D eigenvalue weighted by atomic mass is 35.5. The Morgan fingerprint density at radius 2 is 2.35 bits per heavy atom. The Balaban J connectivity index is 1.60. The van der Waals surface area contributed by atoms with E-state index in [0.717, 1.165) is 42.7 Å². The number of rotatable bonds is 3. The van der Waals surface area contributed by atoms with Crippen molar-refractivity contribution >= 4 is 28.6 Å². The van der Waals surface area contributed by atoms with Gasteiger partial charge in [-0.2, -0.15) is 0 Å². The number of nitrogens with zero attached hydrogens (tertiary/aromatic N) is 3. The molecule has 1 aromatic heterocycles. The van der Waals surface area contributed by atoms with E-state index >= 15 is 0 Å². The molecule has 0 bridgehead atoms. The lowest BCUT2D eigenvalue weighted by Crippen LogP contribution is -2.35. The van der Waals surface area contributed by atoms with Gasteiger partial charge in [0.05, 0.1) is 23.0 Å². The molecule has 2 aromatic rings. The smallest absolute Gasteiger partial charge is 0.311 e. The number of aromatic nitrogens is 2. The maximum Gasteiger partial charge on any atom is 0.311 e. The highest BCUT2D eigenvalue weighted by molar-refractivity contribution is 6.31. The van der Waals surface area contributed by atoms with Gasteiger partial charge in [-0.05, 0) is 37.0 Å². The molecule has 1 aliphatic carbocycles. The monoisotopic (exact) mass is 333 g/mol. The number of aryl methyl sites for hydroxylation is 1. The van der Waals surface area contributed by atoms with Crippen molar-refractivity contribution in [2.45, 2.75) is 25.8 Å². The van der Waals surface area contributed by atoms with E-state index in [1.807, 2.05) is 25.2 Å². The van der Waals surface area contributed by atoms with Gasteiger partial charge in [0.25, 0.3) is 0 Å². The van der Waals surface area contributed by atoms with Crippen LogP contribution < -0.4 is 0 Å². The first-order valence-electron chi connectivity index (χ1n) is 8.06. The fourth-order valence-corrected chi connectivity index (χ4v) is 4.59. The number of benzene rings is 1. The van der Waals surface area contributed by atoms with Crippen LogP contribution in [0.25, 0.3) is 11.0 Å². The summed E-state index contributed by atoms with van der Waals surface area (Å²) in [4.78, 5) is 18.7. The van der Waals surface area contributed by atoms with Crippen LogP contribution in [0.2, 0.25) is 5.02 Å². The minimum atomic E-state index is -0.626. The van der Waals surface area contributed by atoms with Crippen LogP contribution in [0.4, 0.5) is 0 Å². The molecule has 0 unspecified atom stereocenters. The Morgan fingerprint density at radius 3 is 3.09 bits per heavy atom. The number of likely N-dealkylation sites (tertiary alicyclic amines) is 1. The van der Waals surface area contributed by atoms with Gasteiger partial charge < -0.3 is 9.67 Å². The summed E-state index contributed by atoms with van der Waals surface area (Å²) in [5.74, 6) is 0.617. The molecule has 0 amide bonds. The van der Waals surface area contributed by atoms with E-state index in [-0.39, 0.29) is 5.92 Å². The van der Waals surface area contributed by atoms with E-state index in [2.05, 4.69) is 14.5 Å². The van der Waals surface area contributed by atoms with Crippen molar-refractivity contribution in [2.24, 2.45) is 18.4 Å². The van der Waals surface area contributed by atoms with Gasteiger partial charge in [-0.15, -0.1) is 0 Å². The molecule has 0 spiro atoms. The molecule has 0 radical (unpaired) electrons. The Hall–Kier alpha value is -1.59. The summed E-state index contributed by atoms with van der Waals surface area (Å²) in [5.41, 5.74) is 1.41. The number of halogens is 1. The van der Waals surface area contributed by atoms with E-state index in [4.69, 9.17) is 11.6 Å². The lowest BCUT2D eigenvalue weighted by molar-refractivity contribution is -0.149. The van der Waals surface area contributed by atoms with Crippen molar-refractivity contribution in [2.75, 3.05) is 13.1 Å². The minimum absolute atomic E-state index is 0.282. The number of carbonyl (C=O) groups is 1. The maximum atomic E-state index is 11.8. The van der Waals surface area contributed by atoms with Crippen LogP contribution in [-0.4, -0.2) is 38.6 Å². The van der Waals surface area contributed by atoms with Crippen LogP contribution in [0.5, 0.6) is 0 Å². The van der Waals surface area contributed by atoms with E-state index in [9.17, 15) is 9.90 Å². The van der Waals surface area contributed by atoms with Crippen molar-refractivity contribution in [1.82, 2.24) is 14.5 Å². The zero-order valence-corrected chi connectivity index (χ0v) is 13.9. The Labute approximate surface area is 139 Å². The fraction of sp³-hybridized carbons (Fsp3) is 0.529. The second kappa shape index (κ2) is 5.21. The highest BCUT2D eigenvalue weighted by Gasteiger charge is 2.54. The van der Waals surface area contributed by atoms with Gasteiger partial charge in [0, 0.05) is 25.2 Å². The Bertz CT molecular complexity index is 787. The average Bonchev–Trinajstić information content (AvgIpc) is 3.11. The number of hydrogen-bond donors (Lipinski definition) is 1. The Kier molecular flexibility index (Phi) is 3.39. The molecule has 5 nitrogen and oxygen atoms in total. The summed E-state index contributed by atoms with van der Waals surface area (Å²) in [5, 5.41) is 10.4. The standard InChI is InChI=1S/C17H20ClN3O2/c1-20-14-5-4-12(18)7-13(14)19-15(20)9-21-8-11-3-2-6-17(11,10-21)16(22)23/h4-5,7,11H,2-3,6,8-10H2,1H3,(H,22,23)/t11-,17+/m0/s1. The first-order valence-corrected chi connectivity index (χ1v) is 8.44. The molecular weight excluding hydrogens is 314 g/mol. The minimum Gasteiger partial charge on any atom is -0.481 e. The molecule has 6 heteroatoms. The maximum absolute atomic E-state index is 11.8. The molecule has 1 saturated carbocycles. The van der Waals surface area contributed by atoms with Gasteiger partial charge in [0.2, 0.25) is 0 Å². The predicted molar refractivity (Wildman–Crippen MR) is 88.4 cm³/mol. The van der Waals surface area contributed by atoms with Gasteiger partial charge in [-0.25, -0.2) is 4.98 Å².